The number of carboxylic acid groups (broad SMARTS) is 1. The molecule has 7 rings (SSSR count). The summed E-state index contributed by atoms with van der Waals surface area (Å²) in [6.07, 6.45) is 1.39. The molecule has 0 saturated carbocycles. The van der Waals surface area contributed by atoms with Crippen molar-refractivity contribution in [2.24, 2.45) is 0 Å². The summed E-state index contributed by atoms with van der Waals surface area (Å²) in [6, 6.07) is 12.8. The van der Waals surface area contributed by atoms with Crippen LogP contribution in [-0.2, 0) is 27.3 Å². The van der Waals surface area contributed by atoms with Gasteiger partial charge in [0.1, 0.15) is 11.9 Å². The summed E-state index contributed by atoms with van der Waals surface area (Å²) in [6.45, 7) is 1.95. The number of carbonyl (C=O) groups is 3. The zero-order chi connectivity index (χ0) is 27.3. The number of piperidine rings is 1. The van der Waals surface area contributed by atoms with Gasteiger partial charge in [-0.25, -0.2) is 0 Å². The lowest BCUT2D eigenvalue weighted by molar-refractivity contribution is -0.125. The third-order valence-corrected chi connectivity index (χ3v) is 6.32. The normalized spacial score (nSPS) is 20.4. The number of rotatable bonds is 3. The number of nitrogens with one attached hydrogen (secondary N) is 2. The zero-order valence-corrected chi connectivity index (χ0v) is 21.4. The Balaban J connectivity index is 0.00000127. The summed E-state index contributed by atoms with van der Waals surface area (Å²) in [5, 5.41) is 22.3. The van der Waals surface area contributed by atoms with Crippen LogP contribution in [0.4, 0.5) is 0 Å². The van der Waals surface area contributed by atoms with E-state index in [1.165, 1.54) is 0 Å². The minimum atomic E-state index is -0.264. The van der Waals surface area contributed by atoms with Gasteiger partial charge in [0, 0.05) is 32.6 Å². The second-order valence-electron chi connectivity index (χ2n) is 8.94. The number of nitrogens with zero attached hydrogens (tertiary/aromatic N) is 1. The van der Waals surface area contributed by atoms with Crippen LogP contribution in [0.2, 0.25) is 0 Å². The van der Waals surface area contributed by atoms with Gasteiger partial charge in [-0.2, -0.15) is 0 Å². The van der Waals surface area contributed by atoms with E-state index in [1.54, 1.807) is 13.2 Å². The maximum absolute atomic E-state index is 12.8. The fourth-order valence-electron chi connectivity index (χ4n) is 4.41. The van der Waals surface area contributed by atoms with Crippen molar-refractivity contribution in [3.63, 3.8) is 0 Å². The summed E-state index contributed by atoms with van der Waals surface area (Å²) >= 11 is 0. The van der Waals surface area contributed by atoms with Gasteiger partial charge < -0.3 is 35.1 Å². The van der Waals surface area contributed by atoms with Crippen molar-refractivity contribution in [3.05, 3.63) is 53.6 Å². The first-order chi connectivity index (χ1) is 18.4. The Morgan fingerprint density at radius 1 is 1.11 bits per heavy atom. The zero-order valence-electron chi connectivity index (χ0n) is 21.4. The Hall–Kier alpha value is -3.83. The molecule has 11 heteroatoms. The van der Waals surface area contributed by atoms with E-state index in [4.69, 9.17) is 24.1 Å². The third-order valence-electron chi connectivity index (χ3n) is 6.32. The van der Waals surface area contributed by atoms with E-state index in [1.807, 2.05) is 36.4 Å². The molecule has 5 heterocycles. The largest absolute Gasteiger partial charge is 0.493 e. The molecule has 5 aliphatic rings. The minimum absolute atomic E-state index is 0.0341. The maximum atomic E-state index is 12.8. The van der Waals surface area contributed by atoms with Crippen molar-refractivity contribution in [2.45, 2.75) is 38.0 Å². The van der Waals surface area contributed by atoms with Gasteiger partial charge in [-0.15, -0.1) is 0 Å². The molecule has 11 nitrogen and oxygen atoms in total. The van der Waals surface area contributed by atoms with E-state index in [0.29, 0.717) is 56.1 Å². The summed E-state index contributed by atoms with van der Waals surface area (Å²) in [5.74, 6) is 1.38. The Morgan fingerprint density at radius 3 is 2.55 bits per heavy atom. The van der Waals surface area contributed by atoms with Crippen molar-refractivity contribution in [2.75, 3.05) is 40.0 Å². The number of aliphatic hydroxyl groups excluding tert-OH is 1. The van der Waals surface area contributed by atoms with Crippen LogP contribution in [-0.4, -0.2) is 85.5 Å². The first-order valence-corrected chi connectivity index (χ1v) is 12.5. The molecule has 4 bridgehead atoms. The number of aliphatic hydroxyl groups is 1. The highest BCUT2D eigenvalue weighted by atomic mass is 16.5. The lowest BCUT2D eigenvalue weighted by atomic mass is 10.0. The topological polar surface area (TPSA) is 147 Å². The van der Waals surface area contributed by atoms with Crippen molar-refractivity contribution < 1.29 is 38.8 Å². The Morgan fingerprint density at radius 2 is 1.84 bits per heavy atom. The SMILES string of the molecule is COc1cc2ccc1OCC(=O)N[C@@H]1CN(CCO)CC[C@H]1Oc1ccc(cc1)CNC(=O)CC2.O=CO. The molecule has 0 spiro atoms. The predicted octanol–water partition coefficient (Wildman–Crippen LogP) is 0.968. The van der Waals surface area contributed by atoms with E-state index in [9.17, 15) is 14.7 Å². The molecule has 0 aliphatic carbocycles. The number of ether oxygens (including phenoxy) is 3. The Bertz CT molecular complexity index is 1060. The number of likely N-dealkylation sites (tertiary alicyclic amines) is 1. The van der Waals surface area contributed by atoms with Gasteiger partial charge in [-0.1, -0.05) is 18.2 Å². The van der Waals surface area contributed by atoms with Crippen LogP contribution in [0.5, 0.6) is 17.2 Å². The van der Waals surface area contributed by atoms with Crippen molar-refractivity contribution in [3.8, 4) is 17.2 Å². The number of carbonyl (C=O) groups excluding carboxylic acids is 2. The number of β-amino-alcohol motifs (C(OH)–C–C–N with tert-alkyl or cyclic N) is 1. The molecule has 2 amide bonds. The third kappa shape index (κ3) is 8.63. The van der Waals surface area contributed by atoms with Crippen LogP contribution in [0.15, 0.2) is 42.5 Å². The van der Waals surface area contributed by atoms with Crippen LogP contribution in [0, 0.1) is 0 Å². The molecular formula is C27H35N3O8. The molecule has 4 N–H and O–H groups in total. The molecule has 0 unspecified atom stereocenters. The lowest BCUT2D eigenvalue weighted by Crippen LogP contribution is -2.57. The fraction of sp³-hybridized carbons (Fsp3) is 0.444. The van der Waals surface area contributed by atoms with Gasteiger partial charge >= 0.3 is 0 Å². The van der Waals surface area contributed by atoms with Crippen LogP contribution >= 0.6 is 0 Å². The van der Waals surface area contributed by atoms with Crippen LogP contribution in [0.25, 0.3) is 0 Å². The number of aryl methyl sites for hydroxylation is 1. The van der Waals surface area contributed by atoms with Gasteiger partial charge in [-0.3, -0.25) is 19.3 Å². The highest BCUT2D eigenvalue weighted by Gasteiger charge is 2.32. The van der Waals surface area contributed by atoms with Crippen molar-refractivity contribution >= 4 is 18.3 Å². The molecular weight excluding hydrogens is 494 g/mol. The molecule has 1 saturated heterocycles. The summed E-state index contributed by atoms with van der Waals surface area (Å²) in [5.41, 5.74) is 1.92. The second kappa shape index (κ2) is 14.8. The average molecular weight is 530 g/mol. The van der Waals surface area contributed by atoms with E-state index in [0.717, 1.165) is 17.7 Å². The van der Waals surface area contributed by atoms with Crippen LogP contribution in [0.3, 0.4) is 0 Å². The van der Waals surface area contributed by atoms with E-state index < -0.39 is 0 Å². The van der Waals surface area contributed by atoms with Gasteiger partial charge in [-0.05, 0) is 48.2 Å². The fourth-order valence-corrected chi connectivity index (χ4v) is 4.41. The molecule has 2 aromatic carbocycles. The minimum Gasteiger partial charge on any atom is -0.493 e. The molecule has 5 aliphatic heterocycles. The lowest BCUT2D eigenvalue weighted by Gasteiger charge is -2.38. The molecule has 38 heavy (non-hydrogen) atoms. The molecule has 2 aromatic rings. The summed E-state index contributed by atoms with van der Waals surface area (Å²) in [4.78, 5) is 35.6. The van der Waals surface area contributed by atoms with Gasteiger partial charge in [0.2, 0.25) is 5.91 Å². The molecule has 0 aromatic heterocycles. The number of benzene rings is 2. The molecule has 206 valence electrons. The molecule has 0 radical (unpaired) electrons. The van der Waals surface area contributed by atoms with E-state index in [2.05, 4.69) is 15.5 Å². The number of methoxy groups -OCH3 is 1. The highest BCUT2D eigenvalue weighted by molar-refractivity contribution is 5.78. The van der Waals surface area contributed by atoms with Gasteiger partial charge in [0.05, 0.1) is 19.8 Å². The molecule has 1 fully saturated rings. The average Bonchev–Trinajstić information content (AvgIpc) is 2.92. The monoisotopic (exact) mass is 529 g/mol. The number of amides is 2. The van der Waals surface area contributed by atoms with Crippen LogP contribution < -0.4 is 24.8 Å². The Labute approximate surface area is 221 Å². The quantitative estimate of drug-likeness (QED) is 0.427. The molecule has 2 atom stereocenters. The van der Waals surface area contributed by atoms with Gasteiger partial charge in [0.25, 0.3) is 12.4 Å². The van der Waals surface area contributed by atoms with Crippen molar-refractivity contribution in [1.29, 1.82) is 0 Å². The highest BCUT2D eigenvalue weighted by Crippen LogP contribution is 2.28. The first kappa shape index (κ1) is 28.7. The first-order valence-electron chi connectivity index (χ1n) is 12.5. The number of hydrogen-bond acceptors (Lipinski definition) is 8. The number of hydrogen-bond donors (Lipinski definition) is 4. The van der Waals surface area contributed by atoms with E-state index in [-0.39, 0.29) is 43.6 Å². The standard InChI is InChI=1S/C26H33N3O6.CH2O2/c1-33-24-14-18-4-8-23(24)34-17-26(32)28-21-16-29(12-13-30)11-10-22(21)35-20-6-2-19(3-7-20)15-27-25(31)9-5-18;2-1-3/h2-4,6-8,14,21-22,30H,5,9-13,15-17H2,1H3,(H,27,31)(H,28,32);1H,(H,2,3)/t21-,22-;/m1./s1. The summed E-state index contributed by atoms with van der Waals surface area (Å²) < 4.78 is 17.5. The smallest absolute Gasteiger partial charge is 0.290 e. The van der Waals surface area contributed by atoms with E-state index >= 15 is 0 Å². The van der Waals surface area contributed by atoms with Crippen LogP contribution in [0.1, 0.15) is 24.0 Å². The second-order valence-corrected chi connectivity index (χ2v) is 8.94. The van der Waals surface area contributed by atoms with Gasteiger partial charge in [0.15, 0.2) is 18.1 Å². The predicted molar refractivity (Wildman–Crippen MR) is 138 cm³/mol. The Kier molecular flexibility index (Phi) is 11.2. The van der Waals surface area contributed by atoms with Crippen molar-refractivity contribution in [1.82, 2.24) is 15.5 Å². The maximum Gasteiger partial charge on any atom is 0.290 e. The summed E-state index contributed by atoms with van der Waals surface area (Å²) in [7, 11) is 1.54.